The predicted octanol–water partition coefficient (Wildman–Crippen LogP) is 10.8. The SMILES string of the molecule is C[Si](C)(C)C1=C(CP(C2C3CC4CC(C3)CC2C4)C2C3CC4CC(C3)CC2C4)C(C(P)(C2CCCCN2)C2CCCCN2)=CC1[Si](C)(C)C. The Morgan fingerprint density at radius 1 is 0.653 bits per heavy atom. The lowest BCUT2D eigenvalue weighted by Crippen LogP contribution is -2.61. The van der Waals surface area contributed by atoms with Crippen molar-refractivity contribution in [2.45, 2.75) is 176 Å². The van der Waals surface area contributed by atoms with Crippen molar-refractivity contribution >= 4 is 33.3 Å². The summed E-state index contributed by atoms with van der Waals surface area (Å²) in [5, 5.41) is 10.6. The van der Waals surface area contributed by atoms with E-state index in [1.165, 1.54) is 57.8 Å². The second-order valence-corrected chi connectivity index (χ2v) is 35.9. The molecule has 2 aliphatic heterocycles. The molecule has 2 heterocycles. The highest BCUT2D eigenvalue weighted by Gasteiger charge is 2.58. The lowest BCUT2D eigenvalue weighted by Gasteiger charge is -2.62. The number of rotatable bonds is 9. The highest BCUT2D eigenvalue weighted by atomic mass is 31.1. The average molecular weight is 737 g/mol. The first-order chi connectivity index (χ1) is 23.4. The van der Waals surface area contributed by atoms with Gasteiger partial charge < -0.3 is 10.6 Å². The summed E-state index contributed by atoms with van der Waals surface area (Å²) in [6.45, 7) is 18.9. The smallest absolute Gasteiger partial charge is 0.0732 e. The minimum atomic E-state index is -1.59. The van der Waals surface area contributed by atoms with Gasteiger partial charge in [-0.15, -0.1) is 9.24 Å². The molecule has 0 aromatic rings. The molecule has 0 aromatic carbocycles. The Kier molecular flexibility index (Phi) is 9.52. The topological polar surface area (TPSA) is 24.1 Å². The Morgan fingerprint density at radius 2 is 1.08 bits per heavy atom. The molecule has 2 nitrogen and oxygen atoms in total. The van der Waals surface area contributed by atoms with Crippen LogP contribution in [0.4, 0.5) is 0 Å². The van der Waals surface area contributed by atoms with E-state index >= 15 is 0 Å². The molecule has 49 heavy (non-hydrogen) atoms. The van der Waals surface area contributed by atoms with Crippen LogP contribution >= 0.6 is 17.2 Å². The van der Waals surface area contributed by atoms with E-state index in [-0.39, 0.29) is 13.1 Å². The molecular weight excluding hydrogens is 663 g/mol. The van der Waals surface area contributed by atoms with E-state index in [2.05, 4.69) is 70.4 Å². The van der Waals surface area contributed by atoms with Crippen LogP contribution in [0.1, 0.15) is 103 Å². The van der Waals surface area contributed by atoms with Crippen LogP contribution < -0.4 is 10.6 Å². The van der Waals surface area contributed by atoms with Crippen LogP contribution in [0.2, 0.25) is 44.8 Å². The van der Waals surface area contributed by atoms with Gasteiger partial charge in [0.25, 0.3) is 0 Å². The molecule has 0 radical (unpaired) electrons. The Bertz CT molecular complexity index is 1200. The summed E-state index contributed by atoms with van der Waals surface area (Å²) in [5.41, 5.74) is 6.83. The lowest BCUT2D eigenvalue weighted by molar-refractivity contribution is 0.0131. The maximum Gasteiger partial charge on any atom is 0.0732 e. The van der Waals surface area contributed by atoms with Crippen LogP contribution in [0.3, 0.4) is 0 Å². The molecular formula is C43H74N2P2Si2. The zero-order valence-corrected chi connectivity index (χ0v) is 36.6. The normalized spacial score (nSPS) is 46.7. The standard InChI is InChI=1S/C43H74N2P2Si2/c1-48(2,3)37-25-36(43(46,38-11-7-9-13-44-38)39-12-8-10-14-45-39)35(42(37)49(4,5)6)26-47(40-31-17-27-15-28(19-31)20-32(40)18-27)41-33-21-29-16-30(23-33)24-34(41)22-29/h25,27-34,37-41,44-45H,7-24,26,46H2,1-6H3. The second kappa shape index (κ2) is 13.2. The highest BCUT2D eigenvalue weighted by Crippen LogP contribution is 2.72. The predicted molar refractivity (Wildman–Crippen MR) is 223 cm³/mol. The molecule has 4 unspecified atom stereocenters. The van der Waals surface area contributed by atoms with E-state index in [9.17, 15) is 0 Å². The summed E-state index contributed by atoms with van der Waals surface area (Å²) < 4.78 is 0. The molecule has 8 saturated carbocycles. The number of hydrogen-bond acceptors (Lipinski definition) is 2. The van der Waals surface area contributed by atoms with Gasteiger partial charge in [-0.3, -0.25) is 0 Å². The average Bonchev–Trinajstić information content (AvgIpc) is 3.45. The fraction of sp³-hybridized carbons (Fsp3) is 0.907. The van der Waals surface area contributed by atoms with Gasteiger partial charge >= 0.3 is 0 Å². The Hall–Kier alpha value is 0.694. The zero-order valence-electron chi connectivity index (χ0n) is 32.5. The monoisotopic (exact) mass is 736 g/mol. The maximum absolute atomic E-state index is 4.23. The Morgan fingerprint density at radius 3 is 1.43 bits per heavy atom. The quantitative estimate of drug-likeness (QED) is 0.182. The van der Waals surface area contributed by atoms with Gasteiger partial charge in [-0.2, -0.15) is 0 Å². The minimum Gasteiger partial charge on any atom is -0.313 e. The maximum atomic E-state index is 4.23. The van der Waals surface area contributed by atoms with Gasteiger partial charge in [0.05, 0.1) is 16.1 Å². The van der Waals surface area contributed by atoms with Crippen molar-refractivity contribution in [1.29, 1.82) is 0 Å². The molecule has 0 aromatic heterocycles. The summed E-state index contributed by atoms with van der Waals surface area (Å²) in [6, 6.07) is 1.17. The number of hydrogen-bond donors (Lipinski definition) is 2. The molecule has 6 heteroatoms. The third kappa shape index (κ3) is 6.22. The van der Waals surface area contributed by atoms with E-state index in [4.69, 9.17) is 0 Å². The van der Waals surface area contributed by atoms with Gasteiger partial charge in [-0.25, -0.2) is 0 Å². The van der Waals surface area contributed by atoms with E-state index < -0.39 is 16.1 Å². The van der Waals surface area contributed by atoms with Crippen molar-refractivity contribution in [1.82, 2.24) is 10.6 Å². The molecule has 0 amide bonds. The largest absolute Gasteiger partial charge is 0.313 e. The van der Waals surface area contributed by atoms with Crippen LogP contribution in [0, 0.1) is 47.3 Å². The van der Waals surface area contributed by atoms with Crippen LogP contribution in [-0.4, -0.2) is 64.0 Å². The highest BCUT2D eigenvalue weighted by molar-refractivity contribution is 7.59. The van der Waals surface area contributed by atoms with Crippen molar-refractivity contribution in [2.24, 2.45) is 47.3 Å². The molecule has 11 aliphatic rings. The summed E-state index contributed by atoms with van der Waals surface area (Å²) in [7, 11) is 0.642. The second-order valence-electron chi connectivity index (χ2n) is 22.0. The van der Waals surface area contributed by atoms with Gasteiger partial charge in [-0.05, 0) is 184 Å². The molecule has 0 spiro atoms. The molecule has 11 rings (SSSR count). The Balaban J connectivity index is 1.19. The van der Waals surface area contributed by atoms with Crippen LogP contribution in [0.25, 0.3) is 0 Å². The Labute approximate surface area is 307 Å². The van der Waals surface area contributed by atoms with Gasteiger partial charge in [0.1, 0.15) is 0 Å². The third-order valence-corrected chi connectivity index (χ3v) is 26.6. The van der Waals surface area contributed by atoms with E-state index in [0.717, 1.165) is 64.2 Å². The fourth-order valence-electron chi connectivity index (χ4n) is 15.5. The van der Waals surface area contributed by atoms with Crippen LogP contribution in [0.5, 0.6) is 0 Å². The number of piperidine rings is 2. The molecule has 2 N–H and O–H groups in total. The van der Waals surface area contributed by atoms with Crippen molar-refractivity contribution in [3.05, 3.63) is 22.4 Å². The van der Waals surface area contributed by atoms with Gasteiger partial charge in [-0.1, -0.05) is 71.3 Å². The molecule has 4 atom stereocenters. The van der Waals surface area contributed by atoms with E-state index in [1.807, 2.05) is 11.1 Å². The lowest BCUT2D eigenvalue weighted by atomic mass is 9.55. The van der Waals surface area contributed by atoms with E-state index in [0.29, 0.717) is 12.1 Å². The third-order valence-electron chi connectivity index (χ3n) is 16.7. The van der Waals surface area contributed by atoms with E-state index in [1.54, 1.807) is 64.2 Å². The first-order valence-electron chi connectivity index (χ1n) is 21.9. The minimum absolute atomic E-state index is 0.0200. The summed E-state index contributed by atoms with van der Waals surface area (Å²) in [6.07, 6.45) is 29.0. The van der Waals surface area contributed by atoms with Crippen molar-refractivity contribution in [3.8, 4) is 0 Å². The van der Waals surface area contributed by atoms with Crippen molar-refractivity contribution in [2.75, 3.05) is 19.3 Å². The first-order valence-corrected chi connectivity index (χ1v) is 31.2. The molecule has 9 aliphatic carbocycles. The van der Waals surface area contributed by atoms with Crippen molar-refractivity contribution < 1.29 is 0 Å². The molecule has 8 bridgehead atoms. The van der Waals surface area contributed by atoms with Crippen LogP contribution in [0.15, 0.2) is 22.4 Å². The summed E-state index contributed by atoms with van der Waals surface area (Å²) in [4.78, 5) is 0. The molecule has 2 saturated heterocycles. The van der Waals surface area contributed by atoms with Crippen molar-refractivity contribution in [3.63, 3.8) is 0 Å². The molecule has 10 fully saturated rings. The first kappa shape index (κ1) is 35.4. The summed E-state index contributed by atoms with van der Waals surface area (Å²) in [5.74, 6) is 8.71. The van der Waals surface area contributed by atoms with Gasteiger partial charge in [0.2, 0.25) is 0 Å². The molecule has 274 valence electrons. The zero-order chi connectivity index (χ0) is 33.9. The number of allylic oxidation sites excluding steroid dienone is 3. The van der Waals surface area contributed by atoms with Gasteiger partial charge in [0.15, 0.2) is 0 Å². The fourth-order valence-corrected chi connectivity index (χ4v) is 27.6. The van der Waals surface area contributed by atoms with Crippen LogP contribution in [-0.2, 0) is 0 Å². The van der Waals surface area contributed by atoms with Gasteiger partial charge in [0, 0.05) is 17.2 Å². The summed E-state index contributed by atoms with van der Waals surface area (Å²) >= 11 is 0. The number of nitrogens with one attached hydrogen (secondary N) is 2.